The first kappa shape index (κ1) is 17.1. The first-order chi connectivity index (χ1) is 12.1. The number of hydrogen-bond donors (Lipinski definition) is 1. The van der Waals surface area contributed by atoms with Crippen molar-refractivity contribution in [1.82, 2.24) is 0 Å². The second-order valence-electron chi connectivity index (χ2n) is 6.11. The Balaban J connectivity index is 2.21. The van der Waals surface area contributed by atoms with E-state index in [1.165, 1.54) is 0 Å². The molecule has 124 valence electrons. The van der Waals surface area contributed by atoms with E-state index in [-0.39, 0.29) is 11.6 Å². The molecule has 5 nitrogen and oxygen atoms in total. The van der Waals surface area contributed by atoms with Gasteiger partial charge in [-0.1, -0.05) is 18.2 Å². The summed E-state index contributed by atoms with van der Waals surface area (Å²) in [5.74, 6) is 0.852. The minimum absolute atomic E-state index is 0.102. The quantitative estimate of drug-likeness (QED) is 0.826. The van der Waals surface area contributed by atoms with Gasteiger partial charge in [-0.2, -0.15) is 27.5 Å². The van der Waals surface area contributed by atoms with Gasteiger partial charge in [0.05, 0.1) is 31.0 Å². The Morgan fingerprint density at radius 2 is 1.88 bits per heavy atom. The topological polar surface area (TPSA) is 104 Å². The molecule has 1 aromatic rings. The van der Waals surface area contributed by atoms with E-state index in [0.717, 1.165) is 22.6 Å². The fraction of sp³-hybridized carbons (Fsp3) is 0.368. The van der Waals surface area contributed by atoms with E-state index in [9.17, 15) is 15.8 Å². The van der Waals surface area contributed by atoms with Gasteiger partial charge in [-0.25, -0.2) is 0 Å². The van der Waals surface area contributed by atoms with E-state index in [1.54, 1.807) is 31.0 Å². The number of benzene rings is 1. The highest BCUT2D eigenvalue weighted by Crippen LogP contribution is 2.54. The third kappa shape index (κ3) is 2.49. The van der Waals surface area contributed by atoms with Crippen LogP contribution in [0.5, 0.6) is 5.75 Å². The maximum atomic E-state index is 9.87. The van der Waals surface area contributed by atoms with Gasteiger partial charge in [-0.05, 0) is 23.3 Å². The minimum atomic E-state index is -1.63. The van der Waals surface area contributed by atoms with E-state index < -0.39 is 17.3 Å². The summed E-state index contributed by atoms with van der Waals surface area (Å²) in [7, 11) is 1.58. The fourth-order valence-corrected chi connectivity index (χ4v) is 4.88. The molecule has 0 unspecified atom stereocenters. The Bertz CT molecular complexity index is 839. The lowest BCUT2D eigenvalue weighted by Crippen LogP contribution is -2.49. The van der Waals surface area contributed by atoms with E-state index in [1.807, 2.05) is 18.2 Å². The summed E-state index contributed by atoms with van der Waals surface area (Å²) in [5, 5.41) is 37.8. The number of rotatable bonds is 2. The first-order valence-corrected chi connectivity index (χ1v) is 9.01. The molecule has 6 heteroatoms. The van der Waals surface area contributed by atoms with Gasteiger partial charge < -0.3 is 10.1 Å². The molecule has 1 N–H and O–H groups in total. The summed E-state index contributed by atoms with van der Waals surface area (Å²) in [6.07, 6.45) is 2.00. The molecule has 1 aromatic carbocycles. The molecule has 2 aliphatic rings. The summed E-state index contributed by atoms with van der Waals surface area (Å²) in [6.45, 7) is 0. The van der Waals surface area contributed by atoms with Gasteiger partial charge in [0.2, 0.25) is 0 Å². The molecular weight excluding hydrogens is 332 g/mol. The largest absolute Gasteiger partial charge is 0.497 e. The van der Waals surface area contributed by atoms with Gasteiger partial charge >= 0.3 is 0 Å². The number of nitrogens with zero attached hydrogens (tertiary/aromatic N) is 3. The van der Waals surface area contributed by atoms with Crippen LogP contribution in [0, 0.1) is 56.7 Å². The van der Waals surface area contributed by atoms with Crippen LogP contribution in [0.1, 0.15) is 11.5 Å². The van der Waals surface area contributed by atoms with Crippen molar-refractivity contribution in [3.63, 3.8) is 0 Å². The number of methoxy groups -OCH3 is 1. The van der Waals surface area contributed by atoms with E-state index in [0.29, 0.717) is 5.75 Å². The molecule has 0 bridgehead atoms. The van der Waals surface area contributed by atoms with Gasteiger partial charge in [0.15, 0.2) is 5.41 Å². The van der Waals surface area contributed by atoms with Crippen molar-refractivity contribution in [2.75, 3.05) is 18.6 Å². The predicted molar refractivity (Wildman–Crippen MR) is 95.1 cm³/mol. The lowest BCUT2D eigenvalue weighted by molar-refractivity contribution is 0.377. The molecule has 3 atom stereocenters. The molecule has 0 aromatic heterocycles. The highest BCUT2D eigenvalue weighted by Gasteiger charge is 2.57. The smallest absolute Gasteiger partial charge is 0.189 e. The summed E-state index contributed by atoms with van der Waals surface area (Å²) in [6, 6.07) is 13.6. The molecule has 3 rings (SSSR count). The van der Waals surface area contributed by atoms with E-state index >= 15 is 0 Å². The molecule has 1 fully saturated rings. The van der Waals surface area contributed by atoms with Gasteiger partial charge in [0.25, 0.3) is 0 Å². The van der Waals surface area contributed by atoms with Crippen LogP contribution in [-0.2, 0) is 0 Å². The van der Waals surface area contributed by atoms with Crippen LogP contribution < -0.4 is 4.74 Å². The summed E-state index contributed by atoms with van der Waals surface area (Å²) in [4.78, 5) is 0. The van der Waals surface area contributed by atoms with Crippen LogP contribution in [0.25, 0.3) is 0 Å². The van der Waals surface area contributed by atoms with Crippen LogP contribution in [0.4, 0.5) is 0 Å². The number of nitrogens with one attached hydrogen (secondary N) is 1. The number of thioether (sulfide) groups is 1. The first-order valence-electron chi connectivity index (χ1n) is 7.85. The van der Waals surface area contributed by atoms with E-state index in [2.05, 4.69) is 18.2 Å². The zero-order valence-corrected chi connectivity index (χ0v) is 14.5. The van der Waals surface area contributed by atoms with Crippen LogP contribution in [0.2, 0.25) is 0 Å². The normalized spacial score (nSPS) is 27.0. The Labute approximate surface area is 151 Å². The lowest BCUT2D eigenvalue weighted by Gasteiger charge is -2.45. The van der Waals surface area contributed by atoms with Crippen molar-refractivity contribution in [2.24, 2.45) is 17.3 Å². The van der Waals surface area contributed by atoms with Gasteiger partial charge in [0.1, 0.15) is 11.7 Å². The molecule has 0 radical (unpaired) electrons. The molecule has 1 aliphatic carbocycles. The van der Waals surface area contributed by atoms with Crippen molar-refractivity contribution in [2.45, 2.75) is 5.92 Å². The number of hydrogen-bond acceptors (Lipinski definition) is 6. The standard InChI is InChI=1S/C19H16N4OS/c1-24-13-4-2-12(3-5-13)17-16-9-25-7-6-14(16)15(8-20)18(23)19(17,10-21)11-22/h2-6,15-17,23H,7,9H2,1H3/t15-,16+,17-/m1/s1. The van der Waals surface area contributed by atoms with Crippen LogP contribution in [-0.4, -0.2) is 24.3 Å². The van der Waals surface area contributed by atoms with Crippen molar-refractivity contribution in [3.05, 3.63) is 41.5 Å². The van der Waals surface area contributed by atoms with Crippen LogP contribution in [0.3, 0.4) is 0 Å². The lowest BCUT2D eigenvalue weighted by atomic mass is 9.55. The Morgan fingerprint density at radius 1 is 1.20 bits per heavy atom. The van der Waals surface area contributed by atoms with Gasteiger partial charge in [0, 0.05) is 23.3 Å². The second-order valence-corrected chi connectivity index (χ2v) is 7.18. The highest BCUT2D eigenvalue weighted by atomic mass is 32.2. The summed E-state index contributed by atoms with van der Waals surface area (Å²) >= 11 is 1.72. The Hall–Kier alpha value is -2.75. The fourth-order valence-electron chi connectivity index (χ4n) is 3.80. The van der Waals surface area contributed by atoms with Crippen molar-refractivity contribution < 1.29 is 4.74 Å². The minimum Gasteiger partial charge on any atom is -0.497 e. The average Bonchev–Trinajstić information content (AvgIpc) is 2.67. The molecule has 0 spiro atoms. The Morgan fingerprint density at radius 3 is 2.44 bits per heavy atom. The maximum Gasteiger partial charge on any atom is 0.189 e. The zero-order chi connectivity index (χ0) is 18.0. The molecule has 0 amide bonds. The van der Waals surface area contributed by atoms with Crippen LogP contribution in [0.15, 0.2) is 35.9 Å². The summed E-state index contributed by atoms with van der Waals surface area (Å²) < 4.78 is 5.19. The molecule has 0 saturated heterocycles. The van der Waals surface area contributed by atoms with Crippen molar-refractivity contribution in [3.8, 4) is 24.0 Å². The molecular formula is C19H16N4OS. The molecule has 1 heterocycles. The third-order valence-electron chi connectivity index (χ3n) is 5.03. The van der Waals surface area contributed by atoms with Crippen LogP contribution >= 0.6 is 11.8 Å². The van der Waals surface area contributed by atoms with Crippen molar-refractivity contribution in [1.29, 1.82) is 21.2 Å². The number of fused-ring (bicyclic) bond motifs is 1. The van der Waals surface area contributed by atoms with Gasteiger partial charge in [-0.3, -0.25) is 0 Å². The van der Waals surface area contributed by atoms with E-state index in [4.69, 9.17) is 10.1 Å². The average molecular weight is 348 g/mol. The number of nitriles is 3. The zero-order valence-electron chi connectivity index (χ0n) is 13.7. The Kier molecular flexibility index (Phi) is 4.53. The SMILES string of the molecule is COc1ccc([C@@H]2[C@H]3CSCC=C3[C@@H](C#N)C(=N)C2(C#N)C#N)cc1. The summed E-state index contributed by atoms with van der Waals surface area (Å²) in [5.41, 5.74) is -0.0265. The highest BCUT2D eigenvalue weighted by molar-refractivity contribution is 7.99. The second kappa shape index (κ2) is 6.63. The maximum absolute atomic E-state index is 9.87. The molecule has 1 aliphatic heterocycles. The van der Waals surface area contributed by atoms with Gasteiger partial charge in [-0.15, -0.1) is 0 Å². The number of ether oxygens (including phenoxy) is 1. The monoisotopic (exact) mass is 348 g/mol. The third-order valence-corrected chi connectivity index (χ3v) is 6.03. The molecule has 25 heavy (non-hydrogen) atoms. The predicted octanol–water partition coefficient (Wildman–Crippen LogP) is 3.27. The van der Waals surface area contributed by atoms with Crippen molar-refractivity contribution >= 4 is 17.5 Å². The molecule has 1 saturated carbocycles. The number of allylic oxidation sites excluding steroid dienone is 1.